The summed E-state index contributed by atoms with van der Waals surface area (Å²) in [5.74, 6) is -1.16. The Labute approximate surface area is 116 Å². The number of carbonyl (C=O) groups is 2. The standard InChI is InChI=1S/C12H11N3O6/c13-12(20)21-4-3-15-8-2-1-6(11(18)19)5-7(8)14-9(16)10(15)17/h1-2,5H,3-4H2,(H2,13,20)(H,14,16)(H,18,19). The first kappa shape index (κ1) is 14.3. The number of H-pyrrole nitrogens is 1. The zero-order chi connectivity index (χ0) is 15.6. The molecule has 9 nitrogen and oxygen atoms in total. The number of nitrogens with zero attached hydrogens (tertiary/aromatic N) is 1. The van der Waals surface area contributed by atoms with Crippen LogP contribution in [-0.4, -0.2) is 33.3 Å². The quantitative estimate of drug-likeness (QED) is 0.647. The molecule has 0 radical (unpaired) electrons. The van der Waals surface area contributed by atoms with E-state index >= 15 is 0 Å². The number of aromatic carboxylic acids is 1. The van der Waals surface area contributed by atoms with Gasteiger partial charge in [0.2, 0.25) is 0 Å². The topological polar surface area (TPSA) is 144 Å². The van der Waals surface area contributed by atoms with Crippen molar-refractivity contribution in [1.29, 1.82) is 0 Å². The predicted molar refractivity (Wildman–Crippen MR) is 71.3 cm³/mol. The monoisotopic (exact) mass is 293 g/mol. The number of nitrogens with two attached hydrogens (primary N) is 1. The molecule has 0 spiro atoms. The summed E-state index contributed by atoms with van der Waals surface area (Å²) in [6.45, 7) is -0.261. The summed E-state index contributed by atoms with van der Waals surface area (Å²) >= 11 is 0. The highest BCUT2D eigenvalue weighted by molar-refractivity contribution is 5.92. The minimum Gasteiger partial charge on any atom is -0.478 e. The van der Waals surface area contributed by atoms with Crippen LogP contribution in [0.4, 0.5) is 4.79 Å². The van der Waals surface area contributed by atoms with Crippen molar-refractivity contribution in [3.63, 3.8) is 0 Å². The number of carboxylic acid groups (broad SMARTS) is 1. The fourth-order valence-electron chi connectivity index (χ4n) is 1.87. The Morgan fingerprint density at radius 1 is 1.33 bits per heavy atom. The van der Waals surface area contributed by atoms with E-state index in [0.717, 1.165) is 4.57 Å². The number of primary amides is 1. The summed E-state index contributed by atoms with van der Waals surface area (Å²) in [5.41, 5.74) is 3.55. The first-order valence-corrected chi connectivity index (χ1v) is 5.82. The Balaban J connectivity index is 2.54. The molecule has 0 aliphatic heterocycles. The van der Waals surface area contributed by atoms with Crippen molar-refractivity contribution in [2.24, 2.45) is 5.73 Å². The van der Waals surface area contributed by atoms with E-state index in [9.17, 15) is 19.2 Å². The number of aromatic amines is 1. The molecule has 110 valence electrons. The van der Waals surface area contributed by atoms with Crippen LogP contribution in [0.1, 0.15) is 10.4 Å². The average molecular weight is 293 g/mol. The van der Waals surface area contributed by atoms with Gasteiger partial charge >= 0.3 is 23.2 Å². The molecular formula is C12H11N3O6. The Bertz CT molecular complexity index is 835. The van der Waals surface area contributed by atoms with Gasteiger partial charge in [0, 0.05) is 0 Å². The van der Waals surface area contributed by atoms with Crippen molar-refractivity contribution >= 4 is 23.1 Å². The summed E-state index contributed by atoms with van der Waals surface area (Å²) in [5, 5.41) is 8.91. The molecule has 0 atom stereocenters. The van der Waals surface area contributed by atoms with Crippen LogP contribution >= 0.6 is 0 Å². The molecule has 1 amide bonds. The van der Waals surface area contributed by atoms with Gasteiger partial charge in [-0.25, -0.2) is 9.59 Å². The van der Waals surface area contributed by atoms with E-state index < -0.39 is 23.2 Å². The fourth-order valence-corrected chi connectivity index (χ4v) is 1.87. The molecular weight excluding hydrogens is 282 g/mol. The van der Waals surface area contributed by atoms with Crippen LogP contribution in [0.5, 0.6) is 0 Å². The maximum Gasteiger partial charge on any atom is 0.404 e. The zero-order valence-corrected chi connectivity index (χ0v) is 10.7. The Kier molecular flexibility index (Phi) is 3.74. The molecule has 0 saturated carbocycles. The van der Waals surface area contributed by atoms with Gasteiger partial charge < -0.3 is 20.6 Å². The number of aromatic nitrogens is 2. The van der Waals surface area contributed by atoms with Crippen LogP contribution in [0, 0.1) is 0 Å². The lowest BCUT2D eigenvalue weighted by Crippen LogP contribution is -2.37. The van der Waals surface area contributed by atoms with Crippen LogP contribution in [0.25, 0.3) is 11.0 Å². The van der Waals surface area contributed by atoms with E-state index in [4.69, 9.17) is 10.8 Å². The molecule has 1 aromatic carbocycles. The van der Waals surface area contributed by atoms with Gasteiger partial charge in [0.15, 0.2) is 0 Å². The summed E-state index contributed by atoms with van der Waals surface area (Å²) < 4.78 is 5.61. The van der Waals surface area contributed by atoms with Gasteiger partial charge in [0.1, 0.15) is 6.61 Å². The van der Waals surface area contributed by atoms with Crippen LogP contribution in [-0.2, 0) is 11.3 Å². The second-order valence-corrected chi connectivity index (χ2v) is 4.12. The largest absolute Gasteiger partial charge is 0.478 e. The lowest BCUT2D eigenvalue weighted by molar-refractivity contribution is 0.0697. The maximum atomic E-state index is 11.8. The number of fused-ring (bicyclic) bond motifs is 1. The van der Waals surface area contributed by atoms with E-state index in [1.165, 1.54) is 18.2 Å². The van der Waals surface area contributed by atoms with Crippen molar-refractivity contribution in [3.05, 3.63) is 44.5 Å². The van der Waals surface area contributed by atoms with Gasteiger partial charge in [-0.3, -0.25) is 14.2 Å². The molecule has 0 aliphatic rings. The number of benzene rings is 1. The SMILES string of the molecule is NC(=O)OCCn1c(=O)c(=O)[nH]c2cc(C(=O)O)ccc21. The van der Waals surface area contributed by atoms with Gasteiger partial charge in [-0.1, -0.05) is 0 Å². The highest BCUT2D eigenvalue weighted by atomic mass is 16.5. The third kappa shape index (κ3) is 2.91. The molecule has 21 heavy (non-hydrogen) atoms. The predicted octanol–water partition coefficient (Wildman–Crippen LogP) is -0.517. The highest BCUT2D eigenvalue weighted by Gasteiger charge is 2.11. The van der Waals surface area contributed by atoms with Crippen molar-refractivity contribution < 1.29 is 19.4 Å². The van der Waals surface area contributed by atoms with Crippen molar-refractivity contribution in [2.45, 2.75) is 6.54 Å². The van der Waals surface area contributed by atoms with Gasteiger partial charge in [0.25, 0.3) is 0 Å². The molecule has 0 fully saturated rings. The molecule has 2 aromatic rings. The molecule has 0 unspecified atom stereocenters. The van der Waals surface area contributed by atoms with Crippen LogP contribution in [0.2, 0.25) is 0 Å². The number of nitrogens with one attached hydrogen (secondary N) is 1. The number of carboxylic acids is 1. The van der Waals surface area contributed by atoms with Crippen LogP contribution < -0.4 is 16.9 Å². The van der Waals surface area contributed by atoms with E-state index in [1.807, 2.05) is 0 Å². The highest BCUT2D eigenvalue weighted by Crippen LogP contribution is 2.11. The maximum absolute atomic E-state index is 11.8. The molecule has 2 rings (SSSR count). The average Bonchev–Trinajstić information content (AvgIpc) is 2.42. The number of hydrogen-bond donors (Lipinski definition) is 3. The molecule has 1 aromatic heterocycles. The number of hydrogen-bond acceptors (Lipinski definition) is 5. The van der Waals surface area contributed by atoms with E-state index in [0.29, 0.717) is 5.52 Å². The zero-order valence-electron chi connectivity index (χ0n) is 10.7. The summed E-state index contributed by atoms with van der Waals surface area (Å²) in [7, 11) is 0. The molecule has 0 bridgehead atoms. The summed E-state index contributed by atoms with van der Waals surface area (Å²) in [6.07, 6.45) is -0.995. The Hall–Kier alpha value is -3.10. The van der Waals surface area contributed by atoms with Crippen molar-refractivity contribution in [1.82, 2.24) is 9.55 Å². The lowest BCUT2D eigenvalue weighted by Gasteiger charge is -2.09. The van der Waals surface area contributed by atoms with E-state index in [-0.39, 0.29) is 24.2 Å². The molecule has 4 N–H and O–H groups in total. The first-order chi connectivity index (χ1) is 9.90. The number of rotatable bonds is 4. The van der Waals surface area contributed by atoms with E-state index in [2.05, 4.69) is 9.72 Å². The minimum absolute atomic E-state index is 0.0308. The molecule has 1 heterocycles. The minimum atomic E-state index is -1.16. The van der Waals surface area contributed by atoms with Crippen molar-refractivity contribution in [3.8, 4) is 0 Å². The third-order valence-corrected chi connectivity index (χ3v) is 2.78. The van der Waals surface area contributed by atoms with Gasteiger partial charge in [-0.2, -0.15) is 0 Å². The Morgan fingerprint density at radius 2 is 2.05 bits per heavy atom. The van der Waals surface area contributed by atoms with Gasteiger partial charge in [-0.05, 0) is 18.2 Å². The number of carbonyl (C=O) groups excluding carboxylic acids is 1. The molecule has 0 aliphatic carbocycles. The molecule has 0 saturated heterocycles. The number of ether oxygens (including phenoxy) is 1. The fraction of sp³-hybridized carbons (Fsp3) is 0.167. The molecule has 9 heteroatoms. The second-order valence-electron chi connectivity index (χ2n) is 4.12. The van der Waals surface area contributed by atoms with Crippen LogP contribution in [0.3, 0.4) is 0 Å². The second kappa shape index (κ2) is 5.49. The normalized spacial score (nSPS) is 10.5. The van der Waals surface area contributed by atoms with E-state index in [1.54, 1.807) is 0 Å². The Morgan fingerprint density at radius 3 is 2.67 bits per heavy atom. The third-order valence-electron chi connectivity index (χ3n) is 2.78. The van der Waals surface area contributed by atoms with Gasteiger partial charge in [-0.15, -0.1) is 0 Å². The summed E-state index contributed by atoms with van der Waals surface area (Å²) in [4.78, 5) is 47.1. The lowest BCUT2D eigenvalue weighted by atomic mass is 10.2. The van der Waals surface area contributed by atoms with Crippen molar-refractivity contribution in [2.75, 3.05) is 6.61 Å². The number of amides is 1. The smallest absolute Gasteiger partial charge is 0.404 e. The van der Waals surface area contributed by atoms with Crippen LogP contribution in [0.15, 0.2) is 27.8 Å². The summed E-state index contributed by atoms with van der Waals surface area (Å²) in [6, 6.07) is 3.93. The van der Waals surface area contributed by atoms with Gasteiger partial charge in [0.05, 0.1) is 23.1 Å². The first-order valence-electron chi connectivity index (χ1n) is 5.82.